The SMILES string of the molecule is CCCc1cc(C(=O)O)cc(N(CC)CC(=O)NCC)n1. The first kappa shape index (κ1) is 16.9. The highest BCUT2D eigenvalue weighted by Gasteiger charge is 2.15. The van der Waals surface area contributed by atoms with Crippen molar-refractivity contribution in [3.8, 4) is 0 Å². The van der Waals surface area contributed by atoms with Crippen molar-refractivity contribution in [2.75, 3.05) is 24.5 Å². The Morgan fingerprint density at radius 2 is 2.00 bits per heavy atom. The second-order valence-corrected chi connectivity index (χ2v) is 4.73. The molecule has 0 aliphatic carbocycles. The number of carbonyl (C=O) groups excluding carboxylic acids is 1. The molecule has 116 valence electrons. The molecular weight excluding hydrogens is 270 g/mol. The Hall–Kier alpha value is -2.11. The van der Waals surface area contributed by atoms with Gasteiger partial charge in [-0.2, -0.15) is 0 Å². The summed E-state index contributed by atoms with van der Waals surface area (Å²) in [5.41, 5.74) is 0.944. The van der Waals surface area contributed by atoms with Gasteiger partial charge in [-0.25, -0.2) is 9.78 Å². The summed E-state index contributed by atoms with van der Waals surface area (Å²) >= 11 is 0. The molecule has 6 heteroatoms. The van der Waals surface area contributed by atoms with E-state index in [0.29, 0.717) is 25.3 Å². The average Bonchev–Trinajstić information content (AvgIpc) is 2.45. The number of nitrogens with one attached hydrogen (secondary N) is 1. The largest absolute Gasteiger partial charge is 0.478 e. The van der Waals surface area contributed by atoms with Crippen molar-refractivity contribution in [2.45, 2.75) is 33.6 Å². The van der Waals surface area contributed by atoms with Gasteiger partial charge < -0.3 is 15.3 Å². The molecule has 0 radical (unpaired) electrons. The minimum atomic E-state index is -0.981. The summed E-state index contributed by atoms with van der Waals surface area (Å²) in [6.07, 6.45) is 1.60. The number of aromatic nitrogens is 1. The summed E-state index contributed by atoms with van der Waals surface area (Å²) in [4.78, 5) is 29.2. The van der Waals surface area contributed by atoms with Gasteiger partial charge in [0.05, 0.1) is 12.1 Å². The van der Waals surface area contributed by atoms with Crippen LogP contribution >= 0.6 is 0 Å². The molecular formula is C15H23N3O3. The third-order valence-electron chi connectivity index (χ3n) is 3.03. The van der Waals surface area contributed by atoms with Crippen LogP contribution in [0.4, 0.5) is 5.82 Å². The number of hydrogen-bond donors (Lipinski definition) is 2. The average molecular weight is 293 g/mol. The molecule has 6 nitrogen and oxygen atoms in total. The Labute approximate surface area is 125 Å². The molecule has 1 rings (SSSR count). The van der Waals surface area contributed by atoms with Gasteiger partial charge in [0.25, 0.3) is 0 Å². The van der Waals surface area contributed by atoms with E-state index in [0.717, 1.165) is 12.1 Å². The third kappa shape index (κ3) is 5.06. The highest BCUT2D eigenvalue weighted by molar-refractivity contribution is 5.89. The van der Waals surface area contributed by atoms with Crippen molar-refractivity contribution in [1.29, 1.82) is 0 Å². The van der Waals surface area contributed by atoms with Crippen molar-refractivity contribution in [3.05, 3.63) is 23.4 Å². The molecule has 0 saturated carbocycles. The maximum atomic E-state index is 11.7. The Kier molecular flexibility index (Phi) is 6.65. The molecule has 2 N–H and O–H groups in total. The second-order valence-electron chi connectivity index (χ2n) is 4.73. The normalized spacial score (nSPS) is 10.2. The first-order valence-corrected chi connectivity index (χ1v) is 7.27. The first-order valence-electron chi connectivity index (χ1n) is 7.27. The number of likely N-dealkylation sites (N-methyl/N-ethyl adjacent to an activating group) is 2. The number of aryl methyl sites for hydroxylation is 1. The zero-order valence-electron chi connectivity index (χ0n) is 12.8. The van der Waals surface area contributed by atoms with Gasteiger partial charge in [-0.15, -0.1) is 0 Å². The minimum absolute atomic E-state index is 0.0982. The van der Waals surface area contributed by atoms with Gasteiger partial charge >= 0.3 is 5.97 Å². The van der Waals surface area contributed by atoms with Crippen LogP contribution in [0.5, 0.6) is 0 Å². The molecule has 0 aliphatic heterocycles. The second kappa shape index (κ2) is 8.24. The Bertz CT molecular complexity index is 503. The molecule has 0 spiro atoms. The molecule has 0 fully saturated rings. The Morgan fingerprint density at radius 1 is 1.29 bits per heavy atom. The van der Waals surface area contributed by atoms with Crippen molar-refractivity contribution in [1.82, 2.24) is 10.3 Å². The number of carbonyl (C=O) groups is 2. The van der Waals surface area contributed by atoms with E-state index in [1.54, 1.807) is 11.0 Å². The van der Waals surface area contributed by atoms with Crippen molar-refractivity contribution >= 4 is 17.7 Å². The van der Waals surface area contributed by atoms with Gasteiger partial charge in [-0.05, 0) is 32.4 Å². The van der Waals surface area contributed by atoms with Crippen LogP contribution in [-0.4, -0.2) is 41.6 Å². The van der Waals surface area contributed by atoms with Gasteiger partial charge in [-0.1, -0.05) is 13.3 Å². The van der Waals surface area contributed by atoms with Crippen LogP contribution in [0, 0.1) is 0 Å². The maximum Gasteiger partial charge on any atom is 0.335 e. The highest BCUT2D eigenvalue weighted by Crippen LogP contribution is 2.16. The quantitative estimate of drug-likeness (QED) is 0.762. The molecule has 0 aromatic carbocycles. The number of amides is 1. The van der Waals surface area contributed by atoms with Gasteiger partial charge in [0.2, 0.25) is 5.91 Å². The predicted octanol–water partition coefficient (Wildman–Crippen LogP) is 1.69. The smallest absolute Gasteiger partial charge is 0.335 e. The van der Waals surface area contributed by atoms with Crippen LogP contribution in [-0.2, 0) is 11.2 Å². The minimum Gasteiger partial charge on any atom is -0.478 e. The fourth-order valence-electron chi connectivity index (χ4n) is 2.02. The molecule has 1 aromatic rings. The van der Waals surface area contributed by atoms with E-state index in [2.05, 4.69) is 10.3 Å². The fraction of sp³-hybridized carbons (Fsp3) is 0.533. The number of pyridine rings is 1. The summed E-state index contributed by atoms with van der Waals surface area (Å²) in [6, 6.07) is 3.11. The highest BCUT2D eigenvalue weighted by atomic mass is 16.4. The lowest BCUT2D eigenvalue weighted by molar-refractivity contribution is -0.119. The van der Waals surface area contributed by atoms with Crippen molar-refractivity contribution in [2.24, 2.45) is 0 Å². The van der Waals surface area contributed by atoms with Crippen LogP contribution in [0.25, 0.3) is 0 Å². The maximum absolute atomic E-state index is 11.7. The topological polar surface area (TPSA) is 82.5 Å². The first-order chi connectivity index (χ1) is 10.0. The number of aromatic carboxylic acids is 1. The van der Waals surface area contributed by atoms with Crippen LogP contribution in [0.3, 0.4) is 0 Å². The Morgan fingerprint density at radius 3 is 2.52 bits per heavy atom. The lowest BCUT2D eigenvalue weighted by atomic mass is 10.1. The van der Waals surface area contributed by atoms with Crippen molar-refractivity contribution < 1.29 is 14.7 Å². The number of anilines is 1. The molecule has 0 atom stereocenters. The number of carboxylic acids is 1. The number of rotatable bonds is 8. The number of hydrogen-bond acceptors (Lipinski definition) is 4. The summed E-state index contributed by atoms with van der Waals surface area (Å²) in [6.45, 7) is 7.11. The number of nitrogens with zero attached hydrogens (tertiary/aromatic N) is 2. The van der Waals surface area contributed by atoms with E-state index < -0.39 is 5.97 Å². The van der Waals surface area contributed by atoms with Gasteiger partial charge in [0.1, 0.15) is 5.82 Å². The lowest BCUT2D eigenvalue weighted by Gasteiger charge is -2.22. The van der Waals surface area contributed by atoms with Gasteiger partial charge in [0, 0.05) is 18.8 Å². The van der Waals surface area contributed by atoms with Crippen LogP contribution in [0.15, 0.2) is 12.1 Å². The van der Waals surface area contributed by atoms with Crippen molar-refractivity contribution in [3.63, 3.8) is 0 Å². The predicted molar refractivity (Wildman–Crippen MR) is 81.8 cm³/mol. The third-order valence-corrected chi connectivity index (χ3v) is 3.03. The van der Waals surface area contributed by atoms with E-state index in [1.807, 2.05) is 20.8 Å². The molecule has 1 amide bonds. The van der Waals surface area contributed by atoms with E-state index in [4.69, 9.17) is 0 Å². The molecule has 0 saturated heterocycles. The zero-order valence-corrected chi connectivity index (χ0v) is 12.8. The monoisotopic (exact) mass is 293 g/mol. The molecule has 1 heterocycles. The molecule has 0 unspecified atom stereocenters. The molecule has 1 aromatic heterocycles. The molecule has 0 aliphatic rings. The van der Waals surface area contributed by atoms with E-state index in [9.17, 15) is 14.7 Å². The summed E-state index contributed by atoms with van der Waals surface area (Å²) < 4.78 is 0. The molecule has 0 bridgehead atoms. The van der Waals surface area contributed by atoms with Crippen LogP contribution in [0.2, 0.25) is 0 Å². The fourth-order valence-corrected chi connectivity index (χ4v) is 2.02. The number of carboxylic acid groups (broad SMARTS) is 1. The van der Waals surface area contributed by atoms with E-state index in [-0.39, 0.29) is 18.0 Å². The Balaban J connectivity index is 3.06. The van der Waals surface area contributed by atoms with E-state index in [1.165, 1.54) is 6.07 Å². The zero-order chi connectivity index (χ0) is 15.8. The van der Waals surface area contributed by atoms with Gasteiger partial charge in [-0.3, -0.25) is 4.79 Å². The standard InChI is InChI=1S/C15H23N3O3/c1-4-7-12-8-11(15(20)21)9-13(17-12)18(6-3)10-14(19)16-5-2/h8-9H,4-7,10H2,1-3H3,(H,16,19)(H,20,21). The molecule has 21 heavy (non-hydrogen) atoms. The van der Waals surface area contributed by atoms with Crippen LogP contribution in [0.1, 0.15) is 43.2 Å². The van der Waals surface area contributed by atoms with Gasteiger partial charge in [0.15, 0.2) is 0 Å². The van der Waals surface area contributed by atoms with E-state index >= 15 is 0 Å². The lowest BCUT2D eigenvalue weighted by Crippen LogP contribution is -2.37. The summed E-state index contributed by atoms with van der Waals surface area (Å²) in [5.74, 6) is -0.545. The summed E-state index contributed by atoms with van der Waals surface area (Å²) in [7, 11) is 0. The van der Waals surface area contributed by atoms with Crippen LogP contribution < -0.4 is 10.2 Å². The summed E-state index contributed by atoms with van der Waals surface area (Å²) in [5, 5.41) is 11.9.